The number of hydrogen-bond donors (Lipinski definition) is 0. The van der Waals surface area contributed by atoms with Crippen LogP contribution in [0.4, 0.5) is 4.79 Å². The lowest BCUT2D eigenvalue weighted by molar-refractivity contribution is 0.0220. The van der Waals surface area contributed by atoms with Gasteiger partial charge in [0.25, 0.3) is 0 Å². The SMILES string of the molecule is CC(C)(C)OC(=O)N1CCC[C@H]1CCc1ccnc(Cl)c1. The highest BCUT2D eigenvalue weighted by Crippen LogP contribution is 2.24. The molecule has 1 aromatic heterocycles. The molecule has 2 rings (SSSR count). The molecule has 1 amide bonds. The summed E-state index contributed by atoms with van der Waals surface area (Å²) in [7, 11) is 0. The Hall–Kier alpha value is -1.29. The molecule has 1 aromatic rings. The topological polar surface area (TPSA) is 42.4 Å². The van der Waals surface area contributed by atoms with Crippen LogP contribution >= 0.6 is 11.6 Å². The molecule has 0 aliphatic carbocycles. The highest BCUT2D eigenvalue weighted by molar-refractivity contribution is 6.29. The third kappa shape index (κ3) is 4.88. The van der Waals surface area contributed by atoms with Gasteiger partial charge in [-0.3, -0.25) is 0 Å². The average Bonchev–Trinajstić information content (AvgIpc) is 2.83. The Kier molecular flexibility index (Phi) is 5.09. The van der Waals surface area contributed by atoms with Crippen LogP contribution in [0.5, 0.6) is 0 Å². The number of pyridine rings is 1. The summed E-state index contributed by atoms with van der Waals surface area (Å²) in [5, 5.41) is 0.517. The van der Waals surface area contributed by atoms with Crippen LogP contribution in [0.1, 0.15) is 45.6 Å². The fourth-order valence-corrected chi connectivity index (χ4v) is 2.82. The molecule has 21 heavy (non-hydrogen) atoms. The minimum atomic E-state index is -0.442. The van der Waals surface area contributed by atoms with E-state index in [0.29, 0.717) is 5.15 Å². The van der Waals surface area contributed by atoms with Crippen molar-refractivity contribution in [3.05, 3.63) is 29.0 Å². The number of aryl methyl sites for hydroxylation is 1. The number of rotatable bonds is 3. The first-order chi connectivity index (χ1) is 9.85. The Morgan fingerprint density at radius 1 is 1.52 bits per heavy atom. The molecular weight excluding hydrogens is 288 g/mol. The van der Waals surface area contributed by atoms with Crippen molar-refractivity contribution >= 4 is 17.7 Å². The molecule has 0 bridgehead atoms. The van der Waals surface area contributed by atoms with Gasteiger partial charge in [0.05, 0.1) is 0 Å². The number of amides is 1. The number of likely N-dealkylation sites (tertiary alicyclic amines) is 1. The molecule has 2 heterocycles. The van der Waals surface area contributed by atoms with Gasteiger partial charge < -0.3 is 9.64 Å². The molecule has 1 saturated heterocycles. The largest absolute Gasteiger partial charge is 0.444 e. The van der Waals surface area contributed by atoms with Gasteiger partial charge in [-0.2, -0.15) is 0 Å². The summed E-state index contributed by atoms with van der Waals surface area (Å²) in [6, 6.07) is 4.11. The van der Waals surface area contributed by atoms with Crippen molar-refractivity contribution < 1.29 is 9.53 Å². The maximum absolute atomic E-state index is 12.2. The van der Waals surface area contributed by atoms with Gasteiger partial charge in [0.1, 0.15) is 10.8 Å². The van der Waals surface area contributed by atoms with Crippen LogP contribution in [-0.2, 0) is 11.2 Å². The average molecular weight is 311 g/mol. The summed E-state index contributed by atoms with van der Waals surface area (Å²) in [6.45, 7) is 6.48. The number of carbonyl (C=O) groups is 1. The Morgan fingerprint density at radius 2 is 2.29 bits per heavy atom. The number of ether oxygens (including phenoxy) is 1. The Bertz CT molecular complexity index is 499. The first-order valence-corrected chi connectivity index (χ1v) is 7.83. The zero-order valence-corrected chi connectivity index (χ0v) is 13.7. The van der Waals surface area contributed by atoms with Gasteiger partial charge in [0, 0.05) is 18.8 Å². The zero-order valence-electron chi connectivity index (χ0n) is 12.9. The Labute approximate surface area is 131 Å². The fraction of sp³-hybridized carbons (Fsp3) is 0.625. The predicted molar refractivity (Wildman–Crippen MR) is 83.5 cm³/mol. The van der Waals surface area contributed by atoms with Gasteiger partial charge in [-0.15, -0.1) is 0 Å². The number of halogens is 1. The molecule has 0 aromatic carbocycles. The van der Waals surface area contributed by atoms with E-state index in [2.05, 4.69) is 4.98 Å². The molecule has 1 fully saturated rings. The van der Waals surface area contributed by atoms with E-state index in [-0.39, 0.29) is 12.1 Å². The van der Waals surface area contributed by atoms with Gasteiger partial charge in [0.2, 0.25) is 0 Å². The van der Waals surface area contributed by atoms with E-state index < -0.39 is 5.60 Å². The summed E-state index contributed by atoms with van der Waals surface area (Å²) < 4.78 is 5.48. The van der Waals surface area contributed by atoms with Crippen molar-refractivity contribution in [2.45, 2.75) is 58.1 Å². The second-order valence-electron chi connectivity index (χ2n) is 6.50. The van der Waals surface area contributed by atoms with Crippen molar-refractivity contribution in [2.24, 2.45) is 0 Å². The van der Waals surface area contributed by atoms with Crippen molar-refractivity contribution in [2.75, 3.05) is 6.54 Å². The summed E-state index contributed by atoms with van der Waals surface area (Å²) in [4.78, 5) is 18.1. The van der Waals surface area contributed by atoms with Crippen LogP contribution in [0.25, 0.3) is 0 Å². The fourth-order valence-electron chi connectivity index (χ4n) is 2.63. The van der Waals surface area contributed by atoms with Crippen molar-refractivity contribution in [3.63, 3.8) is 0 Å². The normalized spacial score (nSPS) is 18.9. The van der Waals surface area contributed by atoms with E-state index in [9.17, 15) is 4.79 Å². The van der Waals surface area contributed by atoms with E-state index in [1.807, 2.05) is 37.8 Å². The maximum Gasteiger partial charge on any atom is 0.410 e. The van der Waals surface area contributed by atoms with E-state index in [1.165, 1.54) is 0 Å². The predicted octanol–water partition coefficient (Wildman–Crippen LogP) is 4.07. The number of hydrogen-bond acceptors (Lipinski definition) is 3. The summed E-state index contributed by atoms with van der Waals surface area (Å²) in [6.07, 6.45) is 5.43. The third-order valence-corrected chi connectivity index (χ3v) is 3.77. The number of nitrogens with zero attached hydrogens (tertiary/aromatic N) is 2. The lowest BCUT2D eigenvalue weighted by atomic mass is 10.0. The lowest BCUT2D eigenvalue weighted by Gasteiger charge is -2.28. The molecule has 4 nitrogen and oxygen atoms in total. The van der Waals surface area contributed by atoms with Crippen molar-refractivity contribution in [1.82, 2.24) is 9.88 Å². The number of carbonyl (C=O) groups excluding carboxylic acids is 1. The van der Waals surface area contributed by atoms with Crippen LogP contribution in [0.2, 0.25) is 5.15 Å². The Morgan fingerprint density at radius 3 is 2.95 bits per heavy atom. The second-order valence-corrected chi connectivity index (χ2v) is 6.88. The van der Waals surface area contributed by atoms with E-state index in [0.717, 1.165) is 37.8 Å². The maximum atomic E-state index is 12.2. The van der Waals surface area contributed by atoms with Crippen molar-refractivity contribution in [1.29, 1.82) is 0 Å². The molecule has 5 heteroatoms. The highest BCUT2D eigenvalue weighted by atomic mass is 35.5. The van der Waals surface area contributed by atoms with E-state index in [1.54, 1.807) is 6.20 Å². The van der Waals surface area contributed by atoms with Crippen LogP contribution in [0, 0.1) is 0 Å². The van der Waals surface area contributed by atoms with Crippen molar-refractivity contribution in [3.8, 4) is 0 Å². The van der Waals surface area contributed by atoms with Gasteiger partial charge >= 0.3 is 6.09 Å². The van der Waals surface area contributed by atoms with Crippen LogP contribution < -0.4 is 0 Å². The quantitative estimate of drug-likeness (QED) is 0.790. The highest BCUT2D eigenvalue weighted by Gasteiger charge is 2.31. The molecule has 1 aliphatic heterocycles. The van der Waals surface area contributed by atoms with Gasteiger partial charge in [-0.25, -0.2) is 9.78 Å². The lowest BCUT2D eigenvalue weighted by Crippen LogP contribution is -2.40. The molecule has 116 valence electrons. The Balaban J connectivity index is 1.91. The molecule has 0 saturated carbocycles. The minimum absolute atomic E-state index is 0.197. The summed E-state index contributed by atoms with van der Waals surface area (Å²) in [5.41, 5.74) is 0.717. The molecule has 0 radical (unpaired) electrons. The van der Waals surface area contributed by atoms with Gasteiger partial charge in [0.15, 0.2) is 0 Å². The zero-order chi connectivity index (χ0) is 15.5. The summed E-state index contributed by atoms with van der Waals surface area (Å²) in [5.74, 6) is 0. The molecule has 1 atom stereocenters. The second kappa shape index (κ2) is 6.65. The first-order valence-electron chi connectivity index (χ1n) is 7.45. The van der Waals surface area contributed by atoms with Crippen LogP contribution in [-0.4, -0.2) is 34.2 Å². The van der Waals surface area contributed by atoms with E-state index in [4.69, 9.17) is 16.3 Å². The van der Waals surface area contributed by atoms with Crippen LogP contribution in [0.3, 0.4) is 0 Å². The van der Waals surface area contributed by atoms with E-state index >= 15 is 0 Å². The third-order valence-electron chi connectivity index (χ3n) is 3.56. The molecule has 1 aliphatic rings. The monoisotopic (exact) mass is 310 g/mol. The van der Waals surface area contributed by atoms with Crippen LogP contribution in [0.15, 0.2) is 18.3 Å². The summed E-state index contributed by atoms with van der Waals surface area (Å²) >= 11 is 5.90. The smallest absolute Gasteiger partial charge is 0.410 e. The number of aromatic nitrogens is 1. The molecule has 0 spiro atoms. The van der Waals surface area contributed by atoms with Gasteiger partial charge in [-0.1, -0.05) is 11.6 Å². The molecular formula is C16H23ClN2O2. The first kappa shape index (κ1) is 16.1. The van der Waals surface area contributed by atoms with Gasteiger partial charge in [-0.05, 0) is 64.2 Å². The standard InChI is InChI=1S/C16H23ClN2O2/c1-16(2,3)21-15(20)19-10-4-5-13(19)7-6-12-8-9-18-14(17)11-12/h8-9,11,13H,4-7,10H2,1-3H3/t13-/m0/s1. The molecule has 0 unspecified atom stereocenters. The molecule has 0 N–H and O–H groups in total. The minimum Gasteiger partial charge on any atom is -0.444 e.